The third-order valence-electron chi connectivity index (χ3n) is 9.98. The van der Waals surface area contributed by atoms with Gasteiger partial charge in [0.2, 0.25) is 18.2 Å². The van der Waals surface area contributed by atoms with E-state index in [0.29, 0.717) is 23.4 Å². The number of alkyl halides is 1. The van der Waals surface area contributed by atoms with Crippen LogP contribution in [0.1, 0.15) is 89.2 Å². The number of benzene rings is 2. The number of hydrogen-bond donors (Lipinski definition) is 3. The average Bonchev–Trinajstić information content (AvgIpc) is 4.00. The number of aromatic amines is 2. The molecular weight excluding hydrogens is 848 g/mol. The number of fused-ring (bicyclic) bond motifs is 1. The van der Waals surface area contributed by atoms with E-state index in [2.05, 4.69) is 42.0 Å². The Balaban J connectivity index is 0.00000360. The number of imidazole rings is 2. The van der Waals surface area contributed by atoms with E-state index in [4.69, 9.17) is 14.6 Å². The largest absolute Gasteiger partial charge is 0.453 e. The van der Waals surface area contributed by atoms with Crippen molar-refractivity contribution < 1.29 is 33.3 Å². The van der Waals surface area contributed by atoms with E-state index in [1.165, 1.54) is 25.5 Å². The van der Waals surface area contributed by atoms with Gasteiger partial charge in [-0.2, -0.15) is 58.9 Å². The zero-order valence-corrected chi connectivity index (χ0v) is 37.8. The zero-order valence-electron chi connectivity index (χ0n) is 33.8. The van der Waals surface area contributed by atoms with Crippen LogP contribution in [0.15, 0.2) is 53.7 Å². The first kappa shape index (κ1) is 53.7. The van der Waals surface area contributed by atoms with Crippen molar-refractivity contribution in [3.05, 3.63) is 71.4 Å². The highest BCUT2D eigenvalue weighted by molar-refractivity contribution is 7.59. The van der Waals surface area contributed by atoms with E-state index in [0.717, 1.165) is 41.1 Å². The molecule has 0 aliphatic carbocycles. The molecule has 0 radical (unpaired) electrons. The second-order valence-electron chi connectivity index (χ2n) is 14.5. The van der Waals surface area contributed by atoms with Crippen LogP contribution in [-0.2, 0) is 24.1 Å². The third-order valence-corrected chi connectivity index (χ3v) is 9.98. The molecule has 6 rings (SSSR count). The molecular formula is C41H59FN8O6S4. The van der Waals surface area contributed by atoms with Gasteiger partial charge in [0.25, 0.3) is 0 Å². The Labute approximate surface area is 379 Å². The Morgan fingerprint density at radius 1 is 0.917 bits per heavy atom. The molecule has 0 unspecified atom stereocenters. The number of nitrogens with zero attached hydrogens (tertiary/aromatic N) is 5. The maximum absolute atomic E-state index is 14.8. The number of nitrogens with one attached hydrogen (secondary N) is 3. The van der Waals surface area contributed by atoms with Gasteiger partial charge >= 0.3 is 6.09 Å². The zero-order chi connectivity index (χ0) is 39.2. The average molecular weight is 907 g/mol. The number of carbonyl (C=O) groups is 3. The van der Waals surface area contributed by atoms with E-state index >= 15 is 0 Å². The van der Waals surface area contributed by atoms with Gasteiger partial charge in [-0.05, 0) is 60.6 Å². The fourth-order valence-electron chi connectivity index (χ4n) is 7.10. The minimum absolute atomic E-state index is 0. The summed E-state index contributed by atoms with van der Waals surface area (Å²) in [5.74, 6) is 6.90. The topological polar surface area (TPSA) is 167 Å². The highest BCUT2D eigenvalue weighted by atomic mass is 32.1. The first-order valence-corrected chi connectivity index (χ1v) is 18.4. The Hall–Kier alpha value is -4.35. The number of hydrogen-bond acceptors (Lipinski definition) is 9. The Morgan fingerprint density at radius 2 is 1.60 bits per heavy atom. The molecule has 2 aliphatic rings. The molecule has 19 heteroatoms. The Bertz CT molecular complexity index is 2110. The molecule has 2 saturated heterocycles. The van der Waals surface area contributed by atoms with Crippen molar-refractivity contribution in [3.63, 3.8) is 0 Å². The van der Waals surface area contributed by atoms with Gasteiger partial charge < -0.3 is 34.7 Å². The van der Waals surface area contributed by atoms with E-state index < -0.39 is 30.4 Å². The predicted octanol–water partition coefficient (Wildman–Crippen LogP) is 6.73. The number of methoxy groups -OCH3 is 1. The fraction of sp³-hybridized carbons (Fsp3) is 0.463. The summed E-state index contributed by atoms with van der Waals surface area (Å²) in [6.07, 6.45) is 2.76. The molecule has 4 heterocycles. The van der Waals surface area contributed by atoms with Gasteiger partial charge in [0.05, 0.1) is 55.8 Å². The SMILES string of the molecule is C.COOC=N[C@H](C(=O)N1CCC[C@H]1c1ncc(-c2ccc(C#Cc3ccc4nc([C@@H]5C[C@@H](F)CN5C(=O)[C@@H](NC(=O)OC)C(C)C)[nH]c4c3)cc2)[nH]1)C(C)C.S.S.S.S. The minimum Gasteiger partial charge on any atom is -0.453 e. The molecule has 3 amide bonds. The number of carbonyl (C=O) groups excluding carboxylic acids is 3. The molecule has 0 bridgehead atoms. The molecule has 330 valence electrons. The number of likely N-dealkylation sites (tertiary alicyclic amines) is 2. The van der Waals surface area contributed by atoms with Crippen molar-refractivity contribution in [1.82, 2.24) is 35.1 Å². The van der Waals surface area contributed by atoms with Gasteiger partial charge in [-0.15, -0.1) is 0 Å². The molecule has 60 heavy (non-hydrogen) atoms. The lowest BCUT2D eigenvalue weighted by molar-refractivity contribution is -0.188. The van der Waals surface area contributed by atoms with Crippen molar-refractivity contribution in [2.45, 2.75) is 84.7 Å². The van der Waals surface area contributed by atoms with Gasteiger partial charge in [0.1, 0.15) is 29.9 Å². The maximum Gasteiger partial charge on any atom is 0.407 e. The normalized spacial score (nSPS) is 17.9. The van der Waals surface area contributed by atoms with Crippen LogP contribution in [0.2, 0.25) is 0 Å². The van der Waals surface area contributed by atoms with Crippen LogP contribution < -0.4 is 5.32 Å². The van der Waals surface area contributed by atoms with Crippen LogP contribution in [0.4, 0.5) is 9.18 Å². The summed E-state index contributed by atoms with van der Waals surface area (Å²) >= 11 is 0. The van der Waals surface area contributed by atoms with Gasteiger partial charge in [-0.25, -0.2) is 24.1 Å². The van der Waals surface area contributed by atoms with Crippen molar-refractivity contribution in [2.24, 2.45) is 16.8 Å². The Morgan fingerprint density at radius 3 is 2.25 bits per heavy atom. The molecule has 2 aromatic heterocycles. The summed E-state index contributed by atoms with van der Waals surface area (Å²) in [5, 5.41) is 2.58. The molecule has 4 aromatic rings. The summed E-state index contributed by atoms with van der Waals surface area (Å²) < 4.78 is 19.5. The van der Waals surface area contributed by atoms with Crippen LogP contribution in [0.3, 0.4) is 0 Å². The lowest BCUT2D eigenvalue weighted by Gasteiger charge is -2.29. The van der Waals surface area contributed by atoms with Crippen LogP contribution in [-0.4, -0.2) is 99.6 Å². The summed E-state index contributed by atoms with van der Waals surface area (Å²) in [6.45, 7) is 8.04. The van der Waals surface area contributed by atoms with E-state index in [-0.39, 0.29) is 104 Å². The first-order chi connectivity index (χ1) is 26.5. The first-order valence-electron chi connectivity index (χ1n) is 18.4. The lowest BCUT2D eigenvalue weighted by Crippen LogP contribution is -2.51. The van der Waals surface area contributed by atoms with Crippen LogP contribution in [0, 0.1) is 23.7 Å². The molecule has 0 spiro atoms. The number of amides is 3. The second kappa shape index (κ2) is 24.2. The van der Waals surface area contributed by atoms with Crippen LogP contribution in [0.5, 0.6) is 0 Å². The molecule has 5 atom stereocenters. The third kappa shape index (κ3) is 12.4. The number of halogens is 1. The smallest absolute Gasteiger partial charge is 0.407 e. The summed E-state index contributed by atoms with van der Waals surface area (Å²) in [4.78, 5) is 71.9. The quantitative estimate of drug-likeness (QED) is 0.0490. The fourth-order valence-corrected chi connectivity index (χ4v) is 7.10. The monoisotopic (exact) mass is 906 g/mol. The molecule has 0 saturated carbocycles. The number of H-pyrrole nitrogens is 2. The highest BCUT2D eigenvalue weighted by Gasteiger charge is 2.42. The number of ether oxygens (including phenoxy) is 1. The van der Waals surface area contributed by atoms with E-state index in [1.807, 2.05) is 75.1 Å². The van der Waals surface area contributed by atoms with Crippen LogP contribution in [0.25, 0.3) is 22.3 Å². The maximum atomic E-state index is 14.8. The summed E-state index contributed by atoms with van der Waals surface area (Å²) in [7, 11) is 2.61. The van der Waals surface area contributed by atoms with Crippen molar-refractivity contribution in [2.75, 3.05) is 27.3 Å². The molecule has 14 nitrogen and oxygen atoms in total. The van der Waals surface area contributed by atoms with Gasteiger partial charge in [0.15, 0.2) is 0 Å². The Kier molecular flexibility index (Phi) is 21.6. The highest BCUT2D eigenvalue weighted by Crippen LogP contribution is 2.35. The molecule has 2 aromatic carbocycles. The van der Waals surface area contributed by atoms with Gasteiger partial charge in [-0.1, -0.05) is 59.1 Å². The molecule has 2 aliphatic heterocycles. The van der Waals surface area contributed by atoms with Crippen molar-refractivity contribution in [1.29, 1.82) is 0 Å². The van der Waals surface area contributed by atoms with Crippen molar-refractivity contribution in [3.8, 4) is 23.1 Å². The van der Waals surface area contributed by atoms with Crippen molar-refractivity contribution >= 4 is 89.3 Å². The molecule has 2 fully saturated rings. The van der Waals surface area contributed by atoms with E-state index in [1.54, 1.807) is 6.20 Å². The summed E-state index contributed by atoms with van der Waals surface area (Å²) in [6, 6.07) is 11.1. The van der Waals surface area contributed by atoms with E-state index in [9.17, 15) is 18.8 Å². The number of aliphatic imine (C=N–C) groups is 1. The predicted molar refractivity (Wildman–Crippen MR) is 251 cm³/mol. The second-order valence-corrected chi connectivity index (χ2v) is 14.5. The standard InChI is InChI=1S/C40H47FN8O6.CH4.4H2S/c1-23(2)34(43-22-55-54-6)38(50)48-17-7-8-32(48)36-42-20-31(46-36)27-14-11-25(12-15-27)9-10-26-13-16-29-30(18-26)45-37(44-29)33-19-28(41)21-49(33)39(51)35(24(3)4)47-40(52)53-5;;;;;/h11-16,18,20,22-24,28,32-35H,7-8,17,19,21H2,1-6H3,(H,42,46)(H,44,45)(H,47,52);1H4;4*1H2/t28-,32+,33+,34+,35+;;;;;/m1...../s1. The lowest BCUT2D eigenvalue weighted by atomic mass is 10.0. The minimum atomic E-state index is -1.23. The number of aromatic nitrogens is 4. The molecule has 3 N–H and O–H groups in total. The number of rotatable bonds is 11. The van der Waals surface area contributed by atoms with Gasteiger partial charge in [0, 0.05) is 24.1 Å². The van der Waals surface area contributed by atoms with Crippen LogP contribution >= 0.6 is 54.0 Å². The number of alkyl carbamates (subject to hydrolysis) is 1. The summed E-state index contributed by atoms with van der Waals surface area (Å²) in [5.41, 5.74) is 4.72. The van der Waals surface area contributed by atoms with Gasteiger partial charge in [-0.3, -0.25) is 9.59 Å².